The molecule has 1 aromatic carbocycles. The average molecular weight is 263 g/mol. The van der Waals surface area contributed by atoms with E-state index < -0.39 is 10.0 Å². The van der Waals surface area contributed by atoms with E-state index in [1.165, 1.54) is 25.9 Å². The lowest BCUT2D eigenvalue weighted by Gasteiger charge is -2.18. The van der Waals surface area contributed by atoms with Crippen molar-refractivity contribution in [1.82, 2.24) is 0 Å². The normalized spacial score (nSPS) is 11.3. The van der Waals surface area contributed by atoms with Gasteiger partial charge in [-0.05, 0) is 18.4 Å². The minimum atomic E-state index is -3.20. The Morgan fingerprint density at radius 2 is 1.87 bits per heavy atom. The second-order valence-electron chi connectivity index (χ2n) is 2.82. The van der Waals surface area contributed by atoms with Gasteiger partial charge in [0.2, 0.25) is 10.0 Å². The van der Waals surface area contributed by atoms with E-state index in [0.29, 0.717) is 5.69 Å². The molecular formula is C9H13NO2S3. The lowest BCUT2D eigenvalue weighted by Crippen LogP contribution is -2.27. The Morgan fingerprint density at radius 1 is 1.27 bits per heavy atom. The van der Waals surface area contributed by atoms with Crippen molar-refractivity contribution in [3.63, 3.8) is 0 Å². The summed E-state index contributed by atoms with van der Waals surface area (Å²) in [7, 11) is 1.15. The van der Waals surface area contributed by atoms with Crippen molar-refractivity contribution in [3.8, 4) is 0 Å². The number of anilines is 1. The summed E-state index contributed by atoms with van der Waals surface area (Å²) in [5.74, 6) is 0. The van der Waals surface area contributed by atoms with E-state index in [-0.39, 0.29) is 5.08 Å². The predicted molar refractivity (Wildman–Crippen MR) is 69.7 cm³/mol. The minimum Gasteiger partial charge on any atom is -0.273 e. The van der Waals surface area contributed by atoms with E-state index in [1.54, 1.807) is 19.2 Å². The Bertz CT molecular complexity index is 391. The van der Waals surface area contributed by atoms with Gasteiger partial charge in [-0.15, -0.1) is 0 Å². The van der Waals surface area contributed by atoms with Gasteiger partial charge in [0.05, 0.1) is 5.69 Å². The average Bonchev–Trinajstić information content (AvgIpc) is 2.26. The maximum Gasteiger partial charge on any atom is 0.245 e. The molecule has 0 aromatic heterocycles. The lowest BCUT2D eigenvalue weighted by atomic mass is 10.3. The second kappa shape index (κ2) is 5.67. The molecular weight excluding hydrogens is 250 g/mol. The first-order chi connectivity index (χ1) is 7.08. The third kappa shape index (κ3) is 3.62. The number of nitrogens with zero attached hydrogens (tertiary/aromatic N) is 1. The molecule has 0 radical (unpaired) electrons. The van der Waals surface area contributed by atoms with E-state index in [4.69, 9.17) is 0 Å². The van der Waals surface area contributed by atoms with Crippen molar-refractivity contribution in [1.29, 1.82) is 0 Å². The van der Waals surface area contributed by atoms with Crippen LogP contribution in [0.25, 0.3) is 0 Å². The Morgan fingerprint density at radius 3 is 2.40 bits per heavy atom. The van der Waals surface area contributed by atoms with Crippen LogP contribution in [-0.2, 0) is 10.0 Å². The third-order valence-electron chi connectivity index (χ3n) is 1.85. The van der Waals surface area contributed by atoms with Gasteiger partial charge in [-0.1, -0.05) is 39.8 Å². The van der Waals surface area contributed by atoms with Crippen LogP contribution in [0.3, 0.4) is 0 Å². The molecule has 0 spiro atoms. The zero-order chi connectivity index (χ0) is 11.3. The largest absolute Gasteiger partial charge is 0.273 e. The zero-order valence-electron chi connectivity index (χ0n) is 8.58. The Kier molecular flexibility index (Phi) is 4.82. The molecule has 1 aromatic rings. The van der Waals surface area contributed by atoms with Gasteiger partial charge in [0, 0.05) is 7.05 Å². The van der Waals surface area contributed by atoms with E-state index in [2.05, 4.69) is 0 Å². The molecule has 0 bridgehead atoms. The fourth-order valence-electron chi connectivity index (χ4n) is 0.986. The SMILES string of the molecule is CSSCS(=O)(=O)N(C)c1ccccc1. The van der Waals surface area contributed by atoms with E-state index in [0.717, 1.165) is 0 Å². The first-order valence-corrected chi connectivity index (χ1v) is 8.59. The highest BCUT2D eigenvalue weighted by Crippen LogP contribution is 2.23. The standard InChI is InChI=1S/C9H13NO2S3/c1-10(9-6-4-3-5-7-9)15(11,12)8-14-13-2/h3-7H,8H2,1-2H3. The van der Waals surface area contributed by atoms with Crippen LogP contribution in [0.15, 0.2) is 30.3 Å². The van der Waals surface area contributed by atoms with Crippen LogP contribution in [0.4, 0.5) is 5.69 Å². The van der Waals surface area contributed by atoms with Crippen LogP contribution in [0, 0.1) is 0 Å². The van der Waals surface area contributed by atoms with E-state index in [1.807, 2.05) is 24.5 Å². The first-order valence-electron chi connectivity index (χ1n) is 4.25. The van der Waals surface area contributed by atoms with Crippen molar-refractivity contribution in [2.24, 2.45) is 0 Å². The van der Waals surface area contributed by atoms with E-state index >= 15 is 0 Å². The number of hydrogen-bond acceptors (Lipinski definition) is 4. The van der Waals surface area contributed by atoms with Gasteiger partial charge in [-0.2, -0.15) is 0 Å². The van der Waals surface area contributed by atoms with Gasteiger partial charge in [0.15, 0.2) is 0 Å². The highest BCUT2D eigenvalue weighted by molar-refractivity contribution is 8.77. The molecule has 15 heavy (non-hydrogen) atoms. The maximum absolute atomic E-state index is 11.8. The molecule has 0 unspecified atom stereocenters. The van der Waals surface area contributed by atoms with Gasteiger partial charge < -0.3 is 0 Å². The van der Waals surface area contributed by atoms with Crippen molar-refractivity contribution in [3.05, 3.63) is 30.3 Å². The van der Waals surface area contributed by atoms with Crippen LogP contribution in [0.5, 0.6) is 0 Å². The van der Waals surface area contributed by atoms with Crippen molar-refractivity contribution >= 4 is 37.3 Å². The summed E-state index contributed by atoms with van der Waals surface area (Å²) < 4.78 is 24.9. The summed E-state index contributed by atoms with van der Waals surface area (Å²) in [6.45, 7) is 0. The van der Waals surface area contributed by atoms with Gasteiger partial charge in [-0.25, -0.2) is 8.42 Å². The minimum absolute atomic E-state index is 0.0968. The molecule has 0 atom stereocenters. The number of rotatable bonds is 5. The van der Waals surface area contributed by atoms with Crippen LogP contribution >= 0.6 is 21.6 Å². The molecule has 84 valence electrons. The third-order valence-corrected chi connectivity index (χ3v) is 6.28. The molecule has 0 aliphatic heterocycles. The lowest BCUT2D eigenvalue weighted by molar-refractivity contribution is 0.599. The Balaban J connectivity index is 2.80. The topological polar surface area (TPSA) is 37.4 Å². The molecule has 1 rings (SSSR count). The quantitative estimate of drug-likeness (QED) is 0.765. The fourth-order valence-corrected chi connectivity index (χ4v) is 4.89. The van der Waals surface area contributed by atoms with Crippen LogP contribution < -0.4 is 4.31 Å². The van der Waals surface area contributed by atoms with Gasteiger partial charge in [0.25, 0.3) is 0 Å². The molecule has 0 saturated carbocycles. The smallest absolute Gasteiger partial charge is 0.245 e. The van der Waals surface area contributed by atoms with Gasteiger partial charge in [-0.3, -0.25) is 4.31 Å². The fraction of sp³-hybridized carbons (Fsp3) is 0.333. The summed E-state index contributed by atoms with van der Waals surface area (Å²) in [5.41, 5.74) is 0.694. The number of benzene rings is 1. The predicted octanol–water partition coefficient (Wildman–Crippen LogP) is 2.42. The number of para-hydroxylation sites is 1. The van der Waals surface area contributed by atoms with Crippen LogP contribution in [-0.4, -0.2) is 26.8 Å². The molecule has 0 aliphatic rings. The summed E-state index contributed by atoms with van der Waals surface area (Å²) in [6, 6.07) is 9.06. The summed E-state index contributed by atoms with van der Waals surface area (Å²) in [4.78, 5) is 0. The number of hydrogen-bond donors (Lipinski definition) is 0. The second-order valence-corrected chi connectivity index (χ2v) is 7.75. The van der Waals surface area contributed by atoms with Gasteiger partial charge in [0.1, 0.15) is 5.08 Å². The Hall–Kier alpha value is -0.330. The molecule has 0 aliphatic carbocycles. The highest BCUT2D eigenvalue weighted by atomic mass is 33.1. The van der Waals surface area contributed by atoms with Crippen molar-refractivity contribution < 1.29 is 8.42 Å². The molecule has 0 N–H and O–H groups in total. The highest BCUT2D eigenvalue weighted by Gasteiger charge is 2.17. The summed E-state index contributed by atoms with van der Waals surface area (Å²) in [6.07, 6.45) is 1.86. The Labute approximate surface area is 98.7 Å². The molecule has 0 amide bonds. The summed E-state index contributed by atoms with van der Waals surface area (Å²) >= 11 is 0. The maximum atomic E-state index is 11.8. The van der Waals surface area contributed by atoms with Crippen LogP contribution in [0.2, 0.25) is 0 Å². The van der Waals surface area contributed by atoms with Crippen molar-refractivity contribution in [2.75, 3.05) is 22.7 Å². The summed E-state index contributed by atoms with van der Waals surface area (Å²) in [5, 5.41) is 0.0968. The zero-order valence-corrected chi connectivity index (χ0v) is 11.0. The monoisotopic (exact) mass is 263 g/mol. The van der Waals surface area contributed by atoms with Crippen LogP contribution in [0.1, 0.15) is 0 Å². The molecule has 6 heteroatoms. The first kappa shape index (κ1) is 12.7. The van der Waals surface area contributed by atoms with E-state index in [9.17, 15) is 8.42 Å². The molecule has 0 heterocycles. The van der Waals surface area contributed by atoms with Crippen molar-refractivity contribution in [2.45, 2.75) is 0 Å². The molecule has 3 nitrogen and oxygen atoms in total. The van der Waals surface area contributed by atoms with Gasteiger partial charge >= 0.3 is 0 Å². The molecule has 0 saturated heterocycles. The molecule has 0 fully saturated rings. The number of sulfonamides is 1.